The summed E-state index contributed by atoms with van der Waals surface area (Å²) in [5.41, 5.74) is -0.125. The van der Waals surface area contributed by atoms with Gasteiger partial charge in [0.1, 0.15) is 12.7 Å². The first-order valence-corrected chi connectivity index (χ1v) is 21.6. The summed E-state index contributed by atoms with van der Waals surface area (Å²) < 4.78 is 33.8. The highest BCUT2D eigenvalue weighted by atomic mass is 16.6. The Kier molecular flexibility index (Phi) is 11.8. The van der Waals surface area contributed by atoms with Gasteiger partial charge in [0.15, 0.2) is 5.78 Å². The number of nitrogens with zero attached hydrogens (tertiary/aromatic N) is 1. The number of allylic oxidation sites excluding steroid dienone is 2. The van der Waals surface area contributed by atoms with E-state index >= 15 is 4.79 Å². The molecule has 10 nitrogen and oxygen atoms in total. The molecule has 5 aliphatic carbocycles. The summed E-state index contributed by atoms with van der Waals surface area (Å²) in [5, 5.41) is 0. The number of fused-ring (bicyclic) bond motifs is 6. The van der Waals surface area contributed by atoms with Crippen LogP contribution in [0.4, 0.5) is 0 Å². The van der Waals surface area contributed by atoms with Gasteiger partial charge in [-0.05, 0) is 105 Å². The average molecular weight is 790 g/mol. The summed E-state index contributed by atoms with van der Waals surface area (Å²) >= 11 is 0. The van der Waals surface area contributed by atoms with Crippen LogP contribution in [0.5, 0.6) is 0 Å². The van der Waals surface area contributed by atoms with E-state index < -0.39 is 21.8 Å². The van der Waals surface area contributed by atoms with Crippen LogP contribution in [-0.2, 0) is 49.4 Å². The fourth-order valence-corrected chi connectivity index (χ4v) is 12.8. The summed E-state index contributed by atoms with van der Waals surface area (Å²) in [4.78, 5) is 47.3. The van der Waals surface area contributed by atoms with Gasteiger partial charge in [0.05, 0.1) is 69.0 Å². The molecule has 1 aliphatic heterocycles. The van der Waals surface area contributed by atoms with Crippen LogP contribution < -0.4 is 0 Å². The van der Waals surface area contributed by atoms with Gasteiger partial charge in [-0.15, -0.1) is 0 Å². The molecule has 1 aromatic carbocycles. The van der Waals surface area contributed by atoms with Crippen LogP contribution in [0.2, 0.25) is 0 Å². The largest absolute Gasteiger partial charge is 0.461 e. The van der Waals surface area contributed by atoms with Gasteiger partial charge in [0, 0.05) is 24.7 Å². The SMILES string of the molecule is COCCOCCOCCOCCC(=O)O[C@H]1CC[C@]2(C)[C@H]3C(=O)C=C4[C@@H]5C[C@@](C)(C(=O)OCc6ccccc6)CC[C@]5(C)CC[C@@]4(C)[C@]3(C)CC[C@]23N=C[C@]13C. The van der Waals surface area contributed by atoms with Crippen molar-refractivity contribution in [3.05, 3.63) is 47.5 Å². The number of ketones is 1. The molecule has 314 valence electrons. The molecule has 0 bridgehead atoms. The molecule has 1 heterocycles. The molecule has 6 aliphatic rings. The minimum atomic E-state index is -0.611. The number of ether oxygens (including phenoxy) is 6. The second kappa shape index (κ2) is 15.9. The van der Waals surface area contributed by atoms with Crippen LogP contribution in [0, 0.1) is 44.3 Å². The van der Waals surface area contributed by atoms with Crippen molar-refractivity contribution in [1.29, 1.82) is 0 Å². The average Bonchev–Trinajstić information content (AvgIpc) is 3.18. The molecule has 0 unspecified atom stereocenters. The highest BCUT2D eigenvalue weighted by Crippen LogP contribution is 2.77. The molecule has 57 heavy (non-hydrogen) atoms. The van der Waals surface area contributed by atoms with Gasteiger partial charge >= 0.3 is 11.9 Å². The van der Waals surface area contributed by atoms with Crippen LogP contribution in [0.3, 0.4) is 0 Å². The molecule has 4 saturated carbocycles. The Morgan fingerprint density at radius 3 is 2.11 bits per heavy atom. The standard InChI is InChI=1S/C47H67NO9/c1-41-16-17-42(2,40(51)56-31-33-11-9-8-10-12-33)30-35(41)34-29-36(49)39-44(4,43(34,3)19-18-41)20-21-47-45(39,5)15-13-37(46(47,6)32-48-47)57-38(50)14-22-53-25-26-55-28-27-54-24-23-52-7/h8-12,29,32,35,37,39H,13-28,30-31H2,1-7H3/t35-,37-,39-,41+,42-,43+,44+,45+,46+,47-/m0/s1. The molecule has 0 N–H and O–H groups in total. The number of aliphatic imine (C=N–C) groups is 1. The van der Waals surface area contributed by atoms with Crippen molar-refractivity contribution in [3.63, 3.8) is 0 Å². The van der Waals surface area contributed by atoms with E-state index in [2.05, 4.69) is 41.5 Å². The topological polar surface area (TPSA) is 119 Å². The van der Waals surface area contributed by atoms with Crippen LogP contribution in [0.1, 0.15) is 111 Å². The van der Waals surface area contributed by atoms with E-state index in [1.165, 1.54) is 5.57 Å². The lowest BCUT2D eigenvalue weighted by atomic mass is 9.31. The number of hydrogen-bond donors (Lipinski definition) is 0. The Labute approximate surface area is 340 Å². The molecule has 10 atom stereocenters. The molecule has 10 heteroatoms. The number of esters is 2. The lowest BCUT2D eigenvalue weighted by Gasteiger charge is -2.75. The molecule has 0 amide bonds. The Morgan fingerprint density at radius 2 is 1.44 bits per heavy atom. The summed E-state index contributed by atoms with van der Waals surface area (Å²) in [6.45, 7) is 17.3. The quantitative estimate of drug-likeness (QED) is 0.122. The first-order chi connectivity index (χ1) is 27.1. The minimum Gasteiger partial charge on any atom is -0.461 e. The first kappa shape index (κ1) is 42.2. The molecule has 0 aromatic heterocycles. The molecule has 0 saturated heterocycles. The minimum absolute atomic E-state index is 0.0326. The first-order valence-electron chi connectivity index (χ1n) is 21.6. The number of benzene rings is 1. The normalized spacial score (nSPS) is 40.3. The van der Waals surface area contributed by atoms with Crippen molar-refractivity contribution in [2.24, 2.45) is 49.3 Å². The van der Waals surface area contributed by atoms with E-state index in [-0.39, 0.29) is 71.5 Å². The van der Waals surface area contributed by atoms with Gasteiger partial charge in [-0.25, -0.2) is 0 Å². The zero-order chi connectivity index (χ0) is 40.7. The predicted molar refractivity (Wildman–Crippen MR) is 217 cm³/mol. The van der Waals surface area contributed by atoms with Crippen molar-refractivity contribution in [1.82, 2.24) is 0 Å². The summed E-state index contributed by atoms with van der Waals surface area (Å²) in [6, 6.07) is 9.88. The Hall–Kier alpha value is -2.92. The lowest BCUT2D eigenvalue weighted by Crippen LogP contribution is -2.77. The number of carbonyl (C=O) groups is 3. The summed E-state index contributed by atoms with van der Waals surface area (Å²) in [6.07, 6.45) is 11.6. The Morgan fingerprint density at radius 1 is 0.772 bits per heavy atom. The smallest absolute Gasteiger partial charge is 0.312 e. The Bertz CT molecular complexity index is 1730. The van der Waals surface area contributed by atoms with Gasteiger partial charge in [-0.3, -0.25) is 19.4 Å². The molecule has 4 fully saturated rings. The van der Waals surface area contributed by atoms with Crippen LogP contribution >= 0.6 is 0 Å². The fraction of sp³-hybridized carbons (Fsp3) is 0.745. The maximum atomic E-state index is 15.0. The Balaban J connectivity index is 1.02. The maximum absolute atomic E-state index is 15.0. The van der Waals surface area contributed by atoms with Gasteiger partial charge in [0.2, 0.25) is 0 Å². The zero-order valence-corrected chi connectivity index (χ0v) is 35.6. The van der Waals surface area contributed by atoms with E-state index in [4.69, 9.17) is 33.4 Å². The van der Waals surface area contributed by atoms with Crippen LogP contribution in [0.15, 0.2) is 47.0 Å². The molecule has 7 rings (SSSR count). The van der Waals surface area contributed by atoms with E-state index in [0.29, 0.717) is 52.5 Å². The monoisotopic (exact) mass is 789 g/mol. The summed E-state index contributed by atoms with van der Waals surface area (Å²) in [7, 11) is 1.64. The third-order valence-electron chi connectivity index (χ3n) is 16.7. The number of carbonyl (C=O) groups excluding carboxylic acids is 3. The number of methoxy groups -OCH3 is 1. The fourth-order valence-electron chi connectivity index (χ4n) is 12.8. The summed E-state index contributed by atoms with van der Waals surface area (Å²) in [5.74, 6) is -0.254. The van der Waals surface area contributed by atoms with Crippen molar-refractivity contribution in [2.45, 2.75) is 124 Å². The van der Waals surface area contributed by atoms with Crippen molar-refractivity contribution in [3.8, 4) is 0 Å². The van der Waals surface area contributed by atoms with Crippen molar-refractivity contribution < 1.29 is 42.8 Å². The van der Waals surface area contributed by atoms with Gasteiger partial charge in [0.25, 0.3) is 0 Å². The van der Waals surface area contributed by atoms with Gasteiger partial charge in [-0.1, -0.05) is 63.6 Å². The van der Waals surface area contributed by atoms with Crippen molar-refractivity contribution >= 4 is 23.9 Å². The maximum Gasteiger partial charge on any atom is 0.312 e. The lowest BCUT2D eigenvalue weighted by molar-refractivity contribution is -0.215. The number of rotatable bonds is 16. The molecule has 1 aromatic rings. The van der Waals surface area contributed by atoms with E-state index in [9.17, 15) is 9.59 Å². The van der Waals surface area contributed by atoms with Crippen LogP contribution in [-0.4, -0.2) is 88.9 Å². The molecule has 1 spiro atoms. The van der Waals surface area contributed by atoms with Crippen molar-refractivity contribution in [2.75, 3.05) is 53.4 Å². The molecular formula is C47H67NO9. The third kappa shape index (κ3) is 6.96. The third-order valence-corrected chi connectivity index (χ3v) is 16.7. The molecule has 0 radical (unpaired) electrons. The second-order valence-corrected chi connectivity index (χ2v) is 19.6. The highest BCUT2D eigenvalue weighted by Gasteiger charge is 2.78. The predicted octanol–water partition coefficient (Wildman–Crippen LogP) is 7.90. The van der Waals surface area contributed by atoms with E-state index in [1.807, 2.05) is 42.6 Å². The van der Waals surface area contributed by atoms with Gasteiger partial charge < -0.3 is 28.4 Å². The van der Waals surface area contributed by atoms with E-state index in [1.54, 1.807) is 7.11 Å². The second-order valence-electron chi connectivity index (χ2n) is 19.6. The zero-order valence-electron chi connectivity index (χ0n) is 35.6. The van der Waals surface area contributed by atoms with Crippen LogP contribution in [0.25, 0.3) is 0 Å². The van der Waals surface area contributed by atoms with E-state index in [0.717, 1.165) is 50.5 Å². The highest BCUT2D eigenvalue weighted by molar-refractivity contribution is 5.96. The molecular weight excluding hydrogens is 723 g/mol. The number of hydrogen-bond acceptors (Lipinski definition) is 10. The van der Waals surface area contributed by atoms with Gasteiger partial charge in [-0.2, -0.15) is 0 Å².